The number of Topliss-reactive ketones (excluding diaryl/α,β-unsaturated/α-hetero) is 1. The number of nitrogens with one attached hydrogen (secondary N) is 1. The van der Waals surface area contributed by atoms with Crippen LogP contribution < -0.4 is 5.32 Å². The minimum absolute atomic E-state index is 0.232. The largest absolute Gasteiger partial charge is 0.454 e. The van der Waals surface area contributed by atoms with Crippen LogP contribution in [0.4, 0.5) is 5.00 Å². The molecule has 0 atom stereocenters. The minimum atomic E-state index is -0.601. The monoisotopic (exact) mass is 390 g/mol. The molecule has 0 saturated heterocycles. The summed E-state index contributed by atoms with van der Waals surface area (Å²) in [4.78, 5) is 37.4. The summed E-state index contributed by atoms with van der Waals surface area (Å²) in [5.74, 6) is -1.09. The highest BCUT2D eigenvalue weighted by molar-refractivity contribution is 7.16. The van der Waals surface area contributed by atoms with Crippen molar-refractivity contribution >= 4 is 34.0 Å². The number of aromatic nitrogens is 1. The number of ether oxygens (including phenoxy) is 1. The molecule has 0 spiro atoms. The zero-order valence-corrected chi connectivity index (χ0v) is 17.5. The van der Waals surface area contributed by atoms with Crippen molar-refractivity contribution < 1.29 is 19.1 Å². The smallest absolute Gasteiger partial charge is 0.341 e. The average molecular weight is 391 g/mol. The normalized spacial score (nSPS) is 10.7. The average Bonchev–Trinajstić information content (AvgIpc) is 3.02. The van der Waals surface area contributed by atoms with E-state index in [0.29, 0.717) is 16.1 Å². The van der Waals surface area contributed by atoms with Gasteiger partial charge in [-0.05, 0) is 45.7 Å². The standard InChI is InChI=1S/C20H26N2O4S/c1-7-8-22-11(2)9-16(13(22)4)17(24)10-26-20(25)18-12(3)14(5)27-19(18)21-15(6)23/h9H,7-8,10H2,1-6H3,(H,21,23). The fraction of sp³-hybridized carbons (Fsp3) is 0.450. The predicted octanol–water partition coefficient (Wildman–Crippen LogP) is 4.19. The number of hydrogen-bond acceptors (Lipinski definition) is 5. The molecule has 7 heteroatoms. The molecule has 2 heterocycles. The van der Waals surface area contributed by atoms with Crippen LogP contribution in [0.15, 0.2) is 6.07 Å². The molecule has 27 heavy (non-hydrogen) atoms. The van der Waals surface area contributed by atoms with Crippen molar-refractivity contribution in [3.63, 3.8) is 0 Å². The van der Waals surface area contributed by atoms with Crippen LogP contribution in [0.5, 0.6) is 0 Å². The molecule has 0 aliphatic carbocycles. The maximum Gasteiger partial charge on any atom is 0.341 e. The highest BCUT2D eigenvalue weighted by atomic mass is 32.1. The lowest BCUT2D eigenvalue weighted by Gasteiger charge is -2.09. The number of carbonyl (C=O) groups is 3. The van der Waals surface area contributed by atoms with Crippen LogP contribution in [-0.4, -0.2) is 28.8 Å². The first-order valence-corrected chi connectivity index (χ1v) is 9.73. The summed E-state index contributed by atoms with van der Waals surface area (Å²) in [6, 6.07) is 1.84. The fourth-order valence-electron chi connectivity index (χ4n) is 3.05. The second-order valence-electron chi connectivity index (χ2n) is 6.60. The highest BCUT2D eigenvalue weighted by Crippen LogP contribution is 2.33. The van der Waals surface area contributed by atoms with Crippen molar-refractivity contribution in [2.24, 2.45) is 0 Å². The van der Waals surface area contributed by atoms with Gasteiger partial charge >= 0.3 is 5.97 Å². The molecular formula is C20H26N2O4S. The van der Waals surface area contributed by atoms with Crippen molar-refractivity contribution in [2.45, 2.75) is 54.5 Å². The van der Waals surface area contributed by atoms with Gasteiger partial charge in [-0.1, -0.05) is 6.92 Å². The van der Waals surface area contributed by atoms with Crippen LogP contribution in [0.2, 0.25) is 0 Å². The summed E-state index contributed by atoms with van der Waals surface area (Å²) in [6.45, 7) is 11.5. The molecule has 0 radical (unpaired) electrons. The first-order chi connectivity index (χ1) is 12.7. The number of aryl methyl sites for hydroxylation is 2. The molecule has 0 aliphatic rings. The number of hydrogen-bond donors (Lipinski definition) is 1. The molecule has 6 nitrogen and oxygen atoms in total. The van der Waals surface area contributed by atoms with Crippen LogP contribution in [-0.2, 0) is 16.1 Å². The zero-order chi connectivity index (χ0) is 20.3. The number of carbonyl (C=O) groups excluding carboxylic acids is 3. The topological polar surface area (TPSA) is 77.4 Å². The fourth-order valence-corrected chi connectivity index (χ4v) is 4.15. The molecule has 0 fully saturated rings. The van der Waals surface area contributed by atoms with Crippen LogP contribution in [0, 0.1) is 27.7 Å². The van der Waals surface area contributed by atoms with Gasteiger partial charge in [0, 0.05) is 35.3 Å². The summed E-state index contributed by atoms with van der Waals surface area (Å²) < 4.78 is 7.38. The Balaban J connectivity index is 2.16. The third-order valence-electron chi connectivity index (χ3n) is 4.53. The number of nitrogens with zero attached hydrogens (tertiary/aromatic N) is 1. The number of amides is 1. The maximum absolute atomic E-state index is 12.6. The second-order valence-corrected chi connectivity index (χ2v) is 7.83. The third kappa shape index (κ3) is 4.47. The van der Waals surface area contributed by atoms with Gasteiger partial charge in [-0.15, -0.1) is 11.3 Å². The maximum atomic E-state index is 12.6. The van der Waals surface area contributed by atoms with Gasteiger partial charge < -0.3 is 14.6 Å². The van der Waals surface area contributed by atoms with Gasteiger partial charge in [-0.3, -0.25) is 9.59 Å². The Bertz CT molecular complexity index is 892. The number of ketones is 1. The molecule has 0 unspecified atom stereocenters. The molecule has 0 aliphatic heterocycles. The lowest BCUT2D eigenvalue weighted by atomic mass is 10.1. The molecule has 1 amide bonds. The van der Waals surface area contributed by atoms with Gasteiger partial charge in [0.25, 0.3) is 0 Å². The molecule has 0 aromatic carbocycles. The van der Waals surface area contributed by atoms with Gasteiger partial charge in [0.15, 0.2) is 6.61 Å². The molecule has 2 rings (SSSR count). The zero-order valence-electron chi connectivity index (χ0n) is 16.7. The molecular weight excluding hydrogens is 364 g/mol. The Morgan fingerprint density at radius 3 is 2.44 bits per heavy atom. The first-order valence-electron chi connectivity index (χ1n) is 8.91. The lowest BCUT2D eigenvalue weighted by molar-refractivity contribution is -0.114. The highest BCUT2D eigenvalue weighted by Gasteiger charge is 2.23. The van der Waals surface area contributed by atoms with E-state index in [1.165, 1.54) is 18.3 Å². The van der Waals surface area contributed by atoms with E-state index in [2.05, 4.69) is 16.8 Å². The number of rotatable bonds is 7. The van der Waals surface area contributed by atoms with Gasteiger partial charge in [0.05, 0.1) is 5.56 Å². The van der Waals surface area contributed by atoms with Crippen molar-refractivity contribution in [1.82, 2.24) is 4.57 Å². The Morgan fingerprint density at radius 2 is 1.85 bits per heavy atom. The van der Waals surface area contributed by atoms with E-state index in [0.717, 1.165) is 34.8 Å². The lowest BCUT2D eigenvalue weighted by Crippen LogP contribution is -2.17. The van der Waals surface area contributed by atoms with Crippen molar-refractivity contribution in [2.75, 3.05) is 11.9 Å². The van der Waals surface area contributed by atoms with E-state index >= 15 is 0 Å². The van der Waals surface area contributed by atoms with Gasteiger partial charge in [-0.25, -0.2) is 4.79 Å². The Morgan fingerprint density at radius 1 is 1.19 bits per heavy atom. The van der Waals surface area contributed by atoms with Crippen LogP contribution in [0.3, 0.4) is 0 Å². The van der Waals surface area contributed by atoms with Crippen LogP contribution in [0.25, 0.3) is 0 Å². The Kier molecular flexibility index (Phi) is 6.59. The van der Waals surface area contributed by atoms with Crippen molar-refractivity contribution in [3.8, 4) is 0 Å². The summed E-state index contributed by atoms with van der Waals surface area (Å²) in [5.41, 5.74) is 3.55. The molecule has 146 valence electrons. The van der Waals surface area contributed by atoms with E-state index in [9.17, 15) is 14.4 Å². The Labute approximate surface area is 163 Å². The second kappa shape index (κ2) is 8.52. The summed E-state index contributed by atoms with van der Waals surface area (Å²) in [6.07, 6.45) is 0.974. The first kappa shape index (κ1) is 20.9. The van der Waals surface area contributed by atoms with E-state index in [-0.39, 0.29) is 18.3 Å². The SMILES string of the molecule is CCCn1c(C)cc(C(=O)COC(=O)c2c(NC(C)=O)sc(C)c2C)c1C. The minimum Gasteiger partial charge on any atom is -0.454 e. The number of esters is 1. The molecule has 2 aromatic rings. The summed E-state index contributed by atoms with van der Waals surface area (Å²) >= 11 is 1.32. The van der Waals surface area contributed by atoms with Crippen molar-refractivity contribution in [3.05, 3.63) is 39.0 Å². The van der Waals surface area contributed by atoms with E-state index in [1.807, 2.05) is 26.8 Å². The molecule has 0 saturated carbocycles. The molecule has 0 bridgehead atoms. The molecule has 2 aromatic heterocycles. The third-order valence-corrected chi connectivity index (χ3v) is 5.66. The van der Waals surface area contributed by atoms with Gasteiger partial charge in [0.2, 0.25) is 11.7 Å². The molecule has 1 N–H and O–H groups in total. The van der Waals surface area contributed by atoms with Crippen molar-refractivity contribution in [1.29, 1.82) is 0 Å². The Hall–Kier alpha value is -2.41. The predicted molar refractivity (Wildman–Crippen MR) is 107 cm³/mol. The summed E-state index contributed by atoms with van der Waals surface area (Å²) in [7, 11) is 0. The van der Waals surface area contributed by atoms with E-state index < -0.39 is 5.97 Å². The number of thiophene rings is 1. The van der Waals surface area contributed by atoms with Gasteiger partial charge in [-0.2, -0.15) is 0 Å². The summed E-state index contributed by atoms with van der Waals surface area (Å²) in [5, 5.41) is 3.11. The van der Waals surface area contributed by atoms with Crippen LogP contribution in [0.1, 0.15) is 62.8 Å². The van der Waals surface area contributed by atoms with Gasteiger partial charge in [0.1, 0.15) is 5.00 Å². The quantitative estimate of drug-likeness (QED) is 0.568. The van der Waals surface area contributed by atoms with E-state index in [4.69, 9.17) is 4.74 Å². The number of anilines is 1. The van der Waals surface area contributed by atoms with E-state index in [1.54, 1.807) is 6.92 Å². The van der Waals surface area contributed by atoms with Crippen LogP contribution >= 0.6 is 11.3 Å².